The summed E-state index contributed by atoms with van der Waals surface area (Å²) in [7, 11) is 0. The van der Waals surface area contributed by atoms with E-state index in [1.807, 2.05) is 79.5 Å². The second kappa shape index (κ2) is 35.0. The molecule has 0 saturated heterocycles. The molecule has 10 aromatic rings. The number of hydrogen-bond donors (Lipinski definition) is 1. The molecule has 0 amide bonds. The van der Waals surface area contributed by atoms with Gasteiger partial charge in [0.05, 0.1) is 5.52 Å². The van der Waals surface area contributed by atoms with E-state index in [0.717, 1.165) is 49.7 Å². The first-order valence-corrected chi connectivity index (χ1v) is 24.5. The molecule has 5 nitrogen and oxygen atoms in total. The van der Waals surface area contributed by atoms with Gasteiger partial charge in [-0.05, 0) is 132 Å². The second-order valence-corrected chi connectivity index (χ2v) is 15.6. The van der Waals surface area contributed by atoms with Crippen LogP contribution in [0.15, 0.2) is 219 Å². The molecule has 0 fully saturated rings. The lowest BCUT2D eigenvalue weighted by atomic mass is 10.1. The molecule has 0 aliphatic carbocycles. The molecule has 68 heavy (non-hydrogen) atoms. The minimum absolute atomic E-state index is 1.03. The summed E-state index contributed by atoms with van der Waals surface area (Å²) in [5, 5.41) is 5.21. The maximum Gasteiger partial charge on any atom is 0.0702 e. The molecule has 0 atom stereocenters. The monoisotopic (exact) mass is 902 g/mol. The van der Waals surface area contributed by atoms with E-state index in [1.165, 1.54) is 61.3 Å². The Hall–Kier alpha value is -7.24. The van der Waals surface area contributed by atoms with Crippen LogP contribution in [0.1, 0.15) is 95.3 Å². The van der Waals surface area contributed by atoms with Crippen LogP contribution in [-0.2, 0) is 38.5 Å². The van der Waals surface area contributed by atoms with Gasteiger partial charge in [0.15, 0.2) is 0 Å². The van der Waals surface area contributed by atoms with Crippen molar-refractivity contribution < 1.29 is 0 Å². The predicted molar refractivity (Wildman–Crippen MR) is 295 cm³/mol. The third-order valence-electron chi connectivity index (χ3n) is 10.4. The normalized spacial score (nSPS) is 9.59. The molecule has 0 unspecified atom stereocenters. The van der Waals surface area contributed by atoms with Crippen LogP contribution in [0.25, 0.3) is 32.6 Å². The molecule has 0 aliphatic rings. The van der Waals surface area contributed by atoms with E-state index in [2.05, 4.69) is 214 Å². The highest BCUT2D eigenvalue weighted by Crippen LogP contribution is 2.17. The Morgan fingerprint density at radius 1 is 0.368 bits per heavy atom. The van der Waals surface area contributed by atoms with Crippen molar-refractivity contribution in [3.05, 3.63) is 253 Å². The average Bonchev–Trinajstić information content (AvgIpc) is 3.86. The number of nitrogens with zero attached hydrogens (tertiary/aromatic N) is 4. The Morgan fingerprint density at radius 2 is 0.897 bits per heavy atom. The van der Waals surface area contributed by atoms with E-state index in [1.54, 1.807) is 6.20 Å². The van der Waals surface area contributed by atoms with Crippen LogP contribution < -0.4 is 0 Å². The summed E-state index contributed by atoms with van der Waals surface area (Å²) in [4.78, 5) is 19.4. The van der Waals surface area contributed by atoms with Gasteiger partial charge < -0.3 is 4.98 Å². The van der Waals surface area contributed by atoms with Gasteiger partial charge in [0.25, 0.3) is 0 Å². The first-order valence-electron chi connectivity index (χ1n) is 24.5. The highest BCUT2D eigenvalue weighted by Gasteiger charge is 1.98. The number of aromatic amines is 1. The predicted octanol–water partition coefficient (Wildman–Crippen LogP) is 17.0. The second-order valence-electron chi connectivity index (χ2n) is 15.6. The van der Waals surface area contributed by atoms with Gasteiger partial charge in [-0.2, -0.15) is 0 Å². The van der Waals surface area contributed by atoms with Crippen molar-refractivity contribution in [2.45, 2.75) is 100 Å². The van der Waals surface area contributed by atoms with E-state index in [-0.39, 0.29) is 0 Å². The topological polar surface area (TPSA) is 67.3 Å². The van der Waals surface area contributed by atoms with Crippen LogP contribution in [0.5, 0.6) is 0 Å². The van der Waals surface area contributed by atoms with Crippen LogP contribution >= 0.6 is 0 Å². The molecular weight excluding hydrogens is 827 g/mol. The average molecular weight is 902 g/mol. The Kier molecular flexibility index (Phi) is 28.4. The number of para-hydroxylation sites is 1. The maximum absolute atomic E-state index is 4.26. The van der Waals surface area contributed by atoms with Gasteiger partial charge in [0.1, 0.15) is 0 Å². The highest BCUT2D eigenvalue weighted by molar-refractivity contribution is 5.83. The van der Waals surface area contributed by atoms with E-state index in [9.17, 15) is 0 Å². The summed E-state index contributed by atoms with van der Waals surface area (Å²) in [6.07, 6.45) is 20.8. The molecule has 0 saturated carbocycles. The third-order valence-corrected chi connectivity index (χ3v) is 10.4. The smallest absolute Gasteiger partial charge is 0.0702 e. The van der Waals surface area contributed by atoms with Crippen molar-refractivity contribution in [3.8, 4) is 0 Å². The van der Waals surface area contributed by atoms with Gasteiger partial charge in [-0.3, -0.25) is 19.9 Å². The number of hydrogen-bond acceptors (Lipinski definition) is 4. The van der Waals surface area contributed by atoms with Crippen molar-refractivity contribution in [1.29, 1.82) is 0 Å². The van der Waals surface area contributed by atoms with Gasteiger partial charge >= 0.3 is 0 Å². The molecule has 0 radical (unpaired) electrons. The van der Waals surface area contributed by atoms with Crippen molar-refractivity contribution in [2.75, 3.05) is 0 Å². The van der Waals surface area contributed by atoms with Crippen LogP contribution in [-0.4, -0.2) is 24.9 Å². The lowest BCUT2D eigenvalue weighted by Gasteiger charge is -1.98. The van der Waals surface area contributed by atoms with Crippen molar-refractivity contribution in [3.63, 3.8) is 0 Å². The first kappa shape index (κ1) is 55.1. The lowest BCUT2D eigenvalue weighted by Crippen LogP contribution is -1.81. The number of pyridine rings is 4. The highest BCUT2D eigenvalue weighted by atomic mass is 14.7. The van der Waals surface area contributed by atoms with Gasteiger partial charge in [0, 0.05) is 65.4 Å². The van der Waals surface area contributed by atoms with E-state index in [4.69, 9.17) is 0 Å². The fourth-order valence-electron chi connectivity index (χ4n) is 6.45. The van der Waals surface area contributed by atoms with Crippen molar-refractivity contribution in [1.82, 2.24) is 24.9 Å². The molecule has 0 aliphatic heterocycles. The zero-order chi connectivity index (χ0) is 48.9. The van der Waals surface area contributed by atoms with E-state index in [0.29, 0.717) is 0 Å². The van der Waals surface area contributed by atoms with Crippen LogP contribution in [0.3, 0.4) is 0 Å². The fourth-order valence-corrected chi connectivity index (χ4v) is 6.45. The Bertz CT molecular complexity index is 2510. The van der Waals surface area contributed by atoms with E-state index >= 15 is 0 Å². The lowest BCUT2D eigenvalue weighted by molar-refractivity contribution is 1.04. The minimum Gasteiger partial charge on any atom is -0.361 e. The van der Waals surface area contributed by atoms with Crippen LogP contribution in [0, 0.1) is 0 Å². The molecular formula is C63H75N5. The zero-order valence-electron chi connectivity index (χ0n) is 42.0. The summed E-state index contributed by atoms with van der Waals surface area (Å²) in [6, 6.07) is 60.1. The van der Waals surface area contributed by atoms with Gasteiger partial charge in [-0.15, -0.1) is 0 Å². The van der Waals surface area contributed by atoms with Crippen molar-refractivity contribution >= 4 is 32.6 Å². The fraction of sp³-hybridized carbons (Fsp3) is 0.238. The largest absolute Gasteiger partial charge is 0.361 e. The van der Waals surface area contributed by atoms with Crippen LogP contribution in [0.2, 0.25) is 0 Å². The zero-order valence-corrected chi connectivity index (χ0v) is 42.0. The number of fused-ring (bicyclic) bond motifs is 3. The molecule has 5 aromatic carbocycles. The standard InChI is InChI=1S/C11H11N.C10H11N.C10H8.C8H10.3C7H9N.C3H8/c1-2-9-5-6-11-10(8-9)4-3-7-12-11;1-2-8-7-11-10-6-4-3-5-9(8)10;1-2-6-10-8-4-3-7-9(10)5-1;1-2-8-6-4-3-5-7-8;1-2-7-3-5-8-6-4-7;1-2-7-4-3-5-8-6-7;1-2-7-5-3-4-6-8-7;1-3-2/h3-8H,2H2,1H3;3-7,11H,2H2,1H3;1-8H;3-7H,2H2,1H3;3*3-6H,2H2,1H3;3H2,1-2H3. The number of nitrogens with one attached hydrogen (secondary N) is 1. The maximum atomic E-state index is 4.26. The van der Waals surface area contributed by atoms with Gasteiger partial charge in [-0.1, -0.05) is 183 Å². The number of benzene rings is 5. The Morgan fingerprint density at radius 3 is 1.40 bits per heavy atom. The van der Waals surface area contributed by atoms with Crippen LogP contribution in [0.4, 0.5) is 0 Å². The van der Waals surface area contributed by atoms with Crippen molar-refractivity contribution in [2.24, 2.45) is 0 Å². The molecule has 5 heteroatoms. The molecule has 0 spiro atoms. The quantitative estimate of drug-likeness (QED) is 0.181. The van der Waals surface area contributed by atoms with Gasteiger partial charge in [-0.25, -0.2) is 0 Å². The molecule has 1 N–H and O–H groups in total. The molecule has 5 aromatic heterocycles. The molecule has 5 heterocycles. The SMILES string of the molecule is CCC.CCc1c[nH]c2ccccc12.CCc1ccc2ncccc2c1.CCc1ccccc1.CCc1ccccn1.CCc1cccnc1.CCc1ccncc1.c1ccc2ccccc2c1. The minimum atomic E-state index is 1.03. The third kappa shape index (κ3) is 21.8. The molecule has 0 bridgehead atoms. The summed E-state index contributed by atoms with van der Waals surface area (Å²) in [5.74, 6) is 0. The number of aromatic nitrogens is 5. The summed E-state index contributed by atoms with van der Waals surface area (Å²) >= 11 is 0. The number of aryl methyl sites for hydroxylation is 6. The Labute approximate surface area is 408 Å². The van der Waals surface area contributed by atoms with Gasteiger partial charge in [0.2, 0.25) is 0 Å². The summed E-state index contributed by atoms with van der Waals surface area (Å²) in [5.41, 5.74) is 10.3. The molecule has 352 valence electrons. The summed E-state index contributed by atoms with van der Waals surface area (Å²) in [6.45, 7) is 17.1. The number of rotatable bonds is 6. The molecule has 10 rings (SSSR count). The van der Waals surface area contributed by atoms with E-state index < -0.39 is 0 Å². The first-order chi connectivity index (χ1) is 33.4. The Balaban J connectivity index is 0.000000209. The number of H-pyrrole nitrogens is 1. The summed E-state index contributed by atoms with van der Waals surface area (Å²) < 4.78 is 0.